The van der Waals surface area contributed by atoms with Crippen molar-refractivity contribution in [2.45, 2.75) is 18.9 Å². The maximum Gasteiger partial charge on any atom is 0.306 e. The van der Waals surface area contributed by atoms with E-state index >= 15 is 0 Å². The monoisotopic (exact) mass is 370 g/mol. The maximum atomic E-state index is 12.4. The Labute approximate surface area is 153 Å². The molecular weight excluding hydrogens is 356 g/mol. The van der Waals surface area contributed by atoms with Gasteiger partial charge in [-0.2, -0.15) is 0 Å². The Kier molecular flexibility index (Phi) is 4.17. The summed E-state index contributed by atoms with van der Waals surface area (Å²) < 4.78 is 11.8. The van der Waals surface area contributed by atoms with Crippen molar-refractivity contribution in [2.75, 3.05) is 0 Å². The Morgan fingerprint density at radius 3 is 2.69 bits per heavy atom. The van der Waals surface area contributed by atoms with Crippen LogP contribution in [0.25, 0.3) is 22.3 Å². The molecule has 0 amide bonds. The van der Waals surface area contributed by atoms with Crippen LogP contribution < -0.4 is 10.2 Å². The van der Waals surface area contributed by atoms with E-state index in [1.54, 1.807) is 30.3 Å². The van der Waals surface area contributed by atoms with E-state index in [0.29, 0.717) is 45.9 Å². The van der Waals surface area contributed by atoms with Crippen molar-refractivity contribution in [2.24, 2.45) is 5.92 Å². The normalized spacial score (nSPS) is 19.1. The molecule has 3 aromatic rings. The van der Waals surface area contributed by atoms with Crippen LogP contribution in [-0.4, -0.2) is 17.2 Å². The van der Waals surface area contributed by atoms with Crippen molar-refractivity contribution in [1.82, 2.24) is 0 Å². The topological polar surface area (TPSA) is 76.7 Å². The summed E-state index contributed by atoms with van der Waals surface area (Å²) in [5.41, 5.74) is 0.777. The first kappa shape index (κ1) is 16.7. The van der Waals surface area contributed by atoms with Gasteiger partial charge in [-0.15, -0.1) is 0 Å². The third kappa shape index (κ3) is 2.95. The quantitative estimate of drug-likeness (QED) is 0.738. The molecule has 2 aromatic carbocycles. The van der Waals surface area contributed by atoms with E-state index in [2.05, 4.69) is 0 Å². The number of fused-ring (bicyclic) bond motifs is 1. The molecule has 0 bridgehead atoms. The molecule has 0 saturated heterocycles. The van der Waals surface area contributed by atoms with Gasteiger partial charge in [0, 0.05) is 6.07 Å². The summed E-state index contributed by atoms with van der Waals surface area (Å²) in [6, 6.07) is 13.7. The third-order valence-electron chi connectivity index (χ3n) is 4.60. The molecule has 6 heteroatoms. The fraction of sp³-hybridized carbons (Fsp3) is 0.200. The highest BCUT2D eigenvalue weighted by molar-refractivity contribution is 6.34. The lowest BCUT2D eigenvalue weighted by Crippen LogP contribution is -2.38. The van der Waals surface area contributed by atoms with Gasteiger partial charge in [0.25, 0.3) is 0 Å². The molecule has 4 rings (SSSR count). The van der Waals surface area contributed by atoms with Crippen LogP contribution in [0.15, 0.2) is 57.7 Å². The number of hydrogen-bond donors (Lipinski definition) is 1. The number of halogens is 1. The lowest BCUT2D eigenvalue weighted by atomic mass is 9.82. The molecule has 0 unspecified atom stereocenters. The summed E-state index contributed by atoms with van der Waals surface area (Å²) >= 11 is 6.17. The number of carboxylic acids is 1. The Morgan fingerprint density at radius 2 is 1.92 bits per heavy atom. The predicted molar refractivity (Wildman–Crippen MR) is 97.7 cm³/mol. The minimum absolute atomic E-state index is 0.159. The highest BCUT2D eigenvalue weighted by Crippen LogP contribution is 2.37. The Morgan fingerprint density at radius 1 is 1.15 bits per heavy atom. The van der Waals surface area contributed by atoms with Crippen molar-refractivity contribution in [3.63, 3.8) is 0 Å². The van der Waals surface area contributed by atoms with Crippen LogP contribution >= 0.6 is 11.6 Å². The molecule has 1 N–H and O–H groups in total. The molecule has 1 heterocycles. The van der Waals surface area contributed by atoms with Gasteiger partial charge >= 0.3 is 5.97 Å². The zero-order valence-corrected chi connectivity index (χ0v) is 14.4. The number of aliphatic carboxylic acids is 1. The number of benzene rings is 2. The highest BCUT2D eigenvalue weighted by atomic mass is 35.5. The molecule has 0 atom stereocenters. The summed E-state index contributed by atoms with van der Waals surface area (Å²) in [6.07, 6.45) is 0.780. The first-order chi connectivity index (χ1) is 12.5. The lowest BCUT2D eigenvalue weighted by Gasteiger charge is -2.33. The average Bonchev–Trinajstić information content (AvgIpc) is 2.58. The summed E-state index contributed by atoms with van der Waals surface area (Å²) in [6.45, 7) is 0. The number of carbonyl (C=O) groups is 1. The first-order valence-electron chi connectivity index (χ1n) is 8.24. The summed E-state index contributed by atoms with van der Waals surface area (Å²) in [5, 5.41) is 9.77. The number of carboxylic acid groups (broad SMARTS) is 1. The summed E-state index contributed by atoms with van der Waals surface area (Å²) in [4.78, 5) is 23.4. The Balaban J connectivity index is 1.71. The standard InChI is InChI=1S/C20H15ClO5/c21-15-6-3-5-13-16(22)10-18(26-19(13)15)14-4-1-2-7-17(14)25-12-8-11(9-12)20(23)24/h1-7,10-12H,8-9H2,(H,23,24). The molecule has 1 aliphatic rings. The number of para-hydroxylation sites is 2. The summed E-state index contributed by atoms with van der Waals surface area (Å²) in [5.74, 6) is -0.242. The second kappa shape index (κ2) is 6.50. The molecule has 5 nitrogen and oxygen atoms in total. The molecule has 1 saturated carbocycles. The maximum absolute atomic E-state index is 12.4. The number of hydrogen-bond acceptors (Lipinski definition) is 4. The van der Waals surface area contributed by atoms with Gasteiger partial charge in [-0.3, -0.25) is 9.59 Å². The second-order valence-corrected chi connectivity index (χ2v) is 6.74. The lowest BCUT2D eigenvalue weighted by molar-refractivity contribution is -0.147. The zero-order valence-electron chi connectivity index (χ0n) is 13.6. The molecule has 0 spiro atoms. The van der Waals surface area contributed by atoms with E-state index in [-0.39, 0.29) is 17.5 Å². The molecule has 1 aromatic heterocycles. The van der Waals surface area contributed by atoms with Gasteiger partial charge < -0.3 is 14.3 Å². The van der Waals surface area contributed by atoms with Crippen LogP contribution in [0.1, 0.15) is 12.8 Å². The molecule has 0 radical (unpaired) electrons. The van der Waals surface area contributed by atoms with E-state index < -0.39 is 5.97 Å². The predicted octanol–water partition coefficient (Wildman–Crippen LogP) is 4.36. The molecule has 1 fully saturated rings. The van der Waals surface area contributed by atoms with E-state index in [9.17, 15) is 9.59 Å². The minimum Gasteiger partial charge on any atom is -0.490 e. The van der Waals surface area contributed by atoms with Gasteiger partial charge in [0.15, 0.2) is 11.0 Å². The van der Waals surface area contributed by atoms with Crippen LogP contribution in [0.2, 0.25) is 5.02 Å². The zero-order chi connectivity index (χ0) is 18.3. The van der Waals surface area contributed by atoms with Gasteiger partial charge in [-0.25, -0.2) is 0 Å². The summed E-state index contributed by atoms with van der Waals surface area (Å²) in [7, 11) is 0. The Hall–Kier alpha value is -2.79. The van der Waals surface area contributed by atoms with Crippen molar-refractivity contribution < 1.29 is 19.1 Å². The van der Waals surface area contributed by atoms with Crippen LogP contribution in [0.4, 0.5) is 0 Å². The number of rotatable bonds is 4. The highest BCUT2D eigenvalue weighted by Gasteiger charge is 2.36. The SMILES string of the molecule is O=C(O)C1CC(Oc2ccccc2-c2cc(=O)c3cccc(Cl)c3o2)C1. The minimum atomic E-state index is -0.798. The Bertz CT molecular complexity index is 1050. The molecule has 26 heavy (non-hydrogen) atoms. The van der Waals surface area contributed by atoms with Crippen molar-refractivity contribution >= 4 is 28.5 Å². The van der Waals surface area contributed by atoms with E-state index in [1.165, 1.54) is 6.07 Å². The number of ether oxygens (including phenoxy) is 1. The van der Waals surface area contributed by atoms with Gasteiger partial charge in [-0.05, 0) is 37.1 Å². The van der Waals surface area contributed by atoms with Crippen LogP contribution in [0.3, 0.4) is 0 Å². The van der Waals surface area contributed by atoms with Gasteiger partial charge in [-0.1, -0.05) is 29.8 Å². The van der Waals surface area contributed by atoms with Gasteiger partial charge in [0.05, 0.1) is 21.9 Å². The fourth-order valence-corrected chi connectivity index (χ4v) is 3.30. The smallest absolute Gasteiger partial charge is 0.306 e. The second-order valence-electron chi connectivity index (χ2n) is 6.33. The van der Waals surface area contributed by atoms with Crippen LogP contribution in [0.5, 0.6) is 5.75 Å². The third-order valence-corrected chi connectivity index (χ3v) is 4.89. The fourth-order valence-electron chi connectivity index (χ4n) is 3.09. The van der Waals surface area contributed by atoms with Crippen molar-refractivity contribution in [3.8, 4) is 17.1 Å². The van der Waals surface area contributed by atoms with E-state index in [1.807, 2.05) is 12.1 Å². The van der Waals surface area contributed by atoms with Gasteiger partial charge in [0.2, 0.25) is 0 Å². The van der Waals surface area contributed by atoms with Crippen molar-refractivity contribution in [1.29, 1.82) is 0 Å². The molecule has 0 aliphatic heterocycles. The largest absolute Gasteiger partial charge is 0.490 e. The van der Waals surface area contributed by atoms with E-state index in [0.717, 1.165) is 0 Å². The first-order valence-corrected chi connectivity index (χ1v) is 8.62. The molecule has 1 aliphatic carbocycles. The average molecular weight is 371 g/mol. The van der Waals surface area contributed by atoms with E-state index in [4.69, 9.17) is 25.9 Å². The van der Waals surface area contributed by atoms with Crippen LogP contribution in [-0.2, 0) is 4.79 Å². The van der Waals surface area contributed by atoms with Crippen molar-refractivity contribution in [3.05, 3.63) is 63.8 Å². The van der Waals surface area contributed by atoms with Crippen LogP contribution in [0, 0.1) is 5.92 Å². The molecular formula is C20H15ClO5. The van der Waals surface area contributed by atoms with Gasteiger partial charge in [0.1, 0.15) is 17.6 Å². The molecule has 132 valence electrons.